The van der Waals surface area contributed by atoms with E-state index < -0.39 is 23.9 Å². The van der Waals surface area contributed by atoms with Gasteiger partial charge in [0.2, 0.25) is 5.91 Å². The summed E-state index contributed by atoms with van der Waals surface area (Å²) in [6, 6.07) is 5.45. The molecule has 112 valence electrons. The van der Waals surface area contributed by atoms with Gasteiger partial charge in [0.25, 0.3) is 0 Å². The van der Waals surface area contributed by atoms with Gasteiger partial charge in [-0.1, -0.05) is 26.0 Å². The lowest BCUT2D eigenvalue weighted by molar-refractivity contribution is -0.121. The highest BCUT2D eigenvalue weighted by atomic mass is 19.1. The second-order valence-electron chi connectivity index (χ2n) is 4.93. The maximum Gasteiger partial charge on any atom is 0.234 e. The van der Waals surface area contributed by atoms with Crippen LogP contribution in [0.25, 0.3) is 0 Å². The van der Waals surface area contributed by atoms with Crippen molar-refractivity contribution in [3.05, 3.63) is 30.1 Å². The lowest BCUT2D eigenvalue weighted by atomic mass is 10.0. The number of nitrogens with two attached hydrogens (primary N) is 1. The zero-order valence-electron chi connectivity index (χ0n) is 11.7. The molecular formula is C14H21FN2O3. The SMILES string of the molecule is CC(C)C(NCC(O)COc1ccccc1F)C(N)=O. The first-order valence-electron chi connectivity index (χ1n) is 6.50. The van der Waals surface area contributed by atoms with E-state index in [1.54, 1.807) is 12.1 Å². The largest absolute Gasteiger partial charge is 0.488 e. The first-order chi connectivity index (χ1) is 9.41. The van der Waals surface area contributed by atoms with E-state index in [4.69, 9.17) is 10.5 Å². The van der Waals surface area contributed by atoms with Gasteiger partial charge in [0.05, 0.1) is 6.04 Å². The summed E-state index contributed by atoms with van der Waals surface area (Å²) >= 11 is 0. The van der Waals surface area contributed by atoms with Crippen molar-refractivity contribution in [1.82, 2.24) is 5.32 Å². The van der Waals surface area contributed by atoms with Gasteiger partial charge in [-0.25, -0.2) is 4.39 Å². The summed E-state index contributed by atoms with van der Waals surface area (Å²) in [7, 11) is 0. The number of aliphatic hydroxyl groups excluding tert-OH is 1. The molecule has 0 aliphatic rings. The number of carbonyl (C=O) groups excluding carboxylic acids is 1. The van der Waals surface area contributed by atoms with Gasteiger partial charge in [0, 0.05) is 6.54 Å². The van der Waals surface area contributed by atoms with Gasteiger partial charge in [-0.15, -0.1) is 0 Å². The number of para-hydroxylation sites is 1. The fourth-order valence-electron chi connectivity index (χ4n) is 1.73. The normalized spacial score (nSPS) is 14.1. The minimum absolute atomic E-state index is 0.0205. The van der Waals surface area contributed by atoms with Crippen molar-refractivity contribution in [2.75, 3.05) is 13.2 Å². The Balaban J connectivity index is 2.39. The van der Waals surface area contributed by atoms with Gasteiger partial charge in [0.1, 0.15) is 12.7 Å². The van der Waals surface area contributed by atoms with E-state index in [1.807, 2.05) is 13.8 Å². The molecule has 0 aliphatic heterocycles. The Bertz CT molecular complexity index is 440. The number of amides is 1. The minimum atomic E-state index is -0.866. The molecule has 4 N–H and O–H groups in total. The van der Waals surface area contributed by atoms with E-state index in [0.29, 0.717) is 0 Å². The number of ether oxygens (including phenoxy) is 1. The molecule has 0 saturated heterocycles. The van der Waals surface area contributed by atoms with Crippen LogP contribution in [-0.2, 0) is 4.79 Å². The van der Waals surface area contributed by atoms with E-state index in [0.717, 1.165) is 0 Å². The van der Waals surface area contributed by atoms with Crippen molar-refractivity contribution in [2.45, 2.75) is 26.0 Å². The maximum absolute atomic E-state index is 13.3. The fourth-order valence-corrected chi connectivity index (χ4v) is 1.73. The molecule has 20 heavy (non-hydrogen) atoms. The Morgan fingerprint density at radius 2 is 2.10 bits per heavy atom. The number of aliphatic hydroxyl groups is 1. The van der Waals surface area contributed by atoms with Crippen LogP contribution < -0.4 is 15.8 Å². The monoisotopic (exact) mass is 284 g/mol. The average molecular weight is 284 g/mol. The Hall–Kier alpha value is -1.66. The molecule has 1 aromatic rings. The molecular weight excluding hydrogens is 263 g/mol. The van der Waals surface area contributed by atoms with Gasteiger partial charge in [-0.3, -0.25) is 4.79 Å². The predicted molar refractivity (Wildman–Crippen MR) is 73.7 cm³/mol. The summed E-state index contributed by atoms with van der Waals surface area (Å²) in [6.07, 6.45) is -0.866. The molecule has 2 atom stereocenters. The van der Waals surface area contributed by atoms with Crippen LogP contribution >= 0.6 is 0 Å². The van der Waals surface area contributed by atoms with Crippen LogP contribution in [0.2, 0.25) is 0 Å². The highest BCUT2D eigenvalue weighted by molar-refractivity contribution is 5.80. The van der Waals surface area contributed by atoms with Crippen molar-refractivity contribution < 1.29 is 19.0 Å². The number of hydrogen-bond donors (Lipinski definition) is 3. The summed E-state index contributed by atoms with van der Waals surface area (Å²) in [4.78, 5) is 11.2. The number of carbonyl (C=O) groups is 1. The lowest BCUT2D eigenvalue weighted by Gasteiger charge is -2.21. The van der Waals surface area contributed by atoms with Crippen LogP contribution in [0.3, 0.4) is 0 Å². The topological polar surface area (TPSA) is 84.6 Å². The zero-order chi connectivity index (χ0) is 15.1. The Morgan fingerprint density at radius 1 is 1.45 bits per heavy atom. The summed E-state index contributed by atoms with van der Waals surface area (Å²) < 4.78 is 18.5. The van der Waals surface area contributed by atoms with E-state index in [-0.39, 0.29) is 24.8 Å². The first-order valence-corrected chi connectivity index (χ1v) is 6.50. The van der Waals surface area contributed by atoms with Gasteiger partial charge in [-0.05, 0) is 18.1 Å². The van der Waals surface area contributed by atoms with Crippen LogP contribution in [0.1, 0.15) is 13.8 Å². The first kappa shape index (κ1) is 16.4. The van der Waals surface area contributed by atoms with E-state index >= 15 is 0 Å². The van der Waals surface area contributed by atoms with Crippen molar-refractivity contribution in [3.8, 4) is 5.75 Å². The van der Waals surface area contributed by atoms with Crippen LogP contribution in [0.5, 0.6) is 5.75 Å². The third-order valence-electron chi connectivity index (χ3n) is 2.81. The van der Waals surface area contributed by atoms with E-state index in [1.165, 1.54) is 12.1 Å². The van der Waals surface area contributed by atoms with Gasteiger partial charge < -0.3 is 20.9 Å². The third kappa shape index (κ3) is 5.14. The number of halogens is 1. The third-order valence-corrected chi connectivity index (χ3v) is 2.81. The van der Waals surface area contributed by atoms with Crippen molar-refractivity contribution in [2.24, 2.45) is 11.7 Å². The lowest BCUT2D eigenvalue weighted by Crippen LogP contribution is -2.48. The highest BCUT2D eigenvalue weighted by Gasteiger charge is 2.20. The number of primary amides is 1. The van der Waals surface area contributed by atoms with Crippen molar-refractivity contribution >= 4 is 5.91 Å². The van der Waals surface area contributed by atoms with E-state index in [2.05, 4.69) is 5.32 Å². The standard InChI is InChI=1S/C14H21FN2O3/c1-9(2)13(14(16)19)17-7-10(18)8-20-12-6-4-3-5-11(12)15/h3-6,9-10,13,17-18H,7-8H2,1-2H3,(H2,16,19). The summed E-state index contributed by atoms with van der Waals surface area (Å²) in [6.45, 7) is 3.77. The number of benzene rings is 1. The van der Waals surface area contributed by atoms with Crippen molar-refractivity contribution in [1.29, 1.82) is 0 Å². The number of hydrogen-bond acceptors (Lipinski definition) is 4. The second kappa shape index (κ2) is 7.81. The number of rotatable bonds is 8. The summed E-state index contributed by atoms with van der Waals surface area (Å²) in [5.74, 6) is -0.846. The molecule has 6 heteroatoms. The molecule has 0 saturated carbocycles. The minimum Gasteiger partial charge on any atom is -0.488 e. The van der Waals surface area contributed by atoms with Gasteiger partial charge >= 0.3 is 0 Å². The molecule has 0 fully saturated rings. The van der Waals surface area contributed by atoms with Gasteiger partial charge in [-0.2, -0.15) is 0 Å². The Kier molecular flexibility index (Phi) is 6.41. The average Bonchev–Trinajstić information content (AvgIpc) is 2.37. The second-order valence-corrected chi connectivity index (χ2v) is 4.93. The molecule has 0 aromatic heterocycles. The van der Waals surface area contributed by atoms with Gasteiger partial charge in [0.15, 0.2) is 11.6 Å². The molecule has 0 radical (unpaired) electrons. The van der Waals surface area contributed by atoms with Crippen LogP contribution in [0.15, 0.2) is 24.3 Å². The molecule has 0 heterocycles. The molecule has 1 rings (SSSR count). The number of nitrogens with one attached hydrogen (secondary N) is 1. The maximum atomic E-state index is 13.3. The smallest absolute Gasteiger partial charge is 0.234 e. The molecule has 0 bridgehead atoms. The molecule has 1 amide bonds. The van der Waals surface area contributed by atoms with E-state index in [9.17, 15) is 14.3 Å². The quantitative estimate of drug-likeness (QED) is 0.655. The Labute approximate surface area is 117 Å². The molecule has 5 nitrogen and oxygen atoms in total. The van der Waals surface area contributed by atoms with Crippen LogP contribution in [0.4, 0.5) is 4.39 Å². The zero-order valence-corrected chi connectivity index (χ0v) is 11.7. The van der Waals surface area contributed by atoms with Crippen LogP contribution in [-0.4, -0.2) is 36.3 Å². The fraction of sp³-hybridized carbons (Fsp3) is 0.500. The summed E-state index contributed by atoms with van der Waals surface area (Å²) in [5.41, 5.74) is 5.24. The predicted octanol–water partition coefficient (Wildman–Crippen LogP) is 0.665. The van der Waals surface area contributed by atoms with Crippen LogP contribution in [0, 0.1) is 11.7 Å². The summed E-state index contributed by atoms with van der Waals surface area (Å²) in [5, 5.41) is 12.6. The molecule has 0 aliphatic carbocycles. The Morgan fingerprint density at radius 3 is 2.65 bits per heavy atom. The molecule has 1 aromatic carbocycles. The molecule has 2 unspecified atom stereocenters. The molecule has 0 spiro atoms. The highest BCUT2D eigenvalue weighted by Crippen LogP contribution is 2.15. The van der Waals surface area contributed by atoms with Crippen molar-refractivity contribution in [3.63, 3.8) is 0 Å².